The quantitative estimate of drug-likeness (QED) is 0.840. The van der Waals surface area contributed by atoms with Crippen LogP contribution in [0.3, 0.4) is 0 Å². The van der Waals surface area contributed by atoms with E-state index in [-0.39, 0.29) is 10.6 Å². The van der Waals surface area contributed by atoms with E-state index in [0.29, 0.717) is 5.92 Å². The Hall–Kier alpha value is -1.26. The van der Waals surface area contributed by atoms with Crippen LogP contribution in [0.15, 0.2) is 18.2 Å². The van der Waals surface area contributed by atoms with Crippen molar-refractivity contribution < 1.29 is 9.90 Å². The van der Waals surface area contributed by atoms with E-state index in [1.807, 2.05) is 20.2 Å². The number of halogens is 1. The van der Waals surface area contributed by atoms with Gasteiger partial charge in [0.1, 0.15) is 0 Å². The van der Waals surface area contributed by atoms with Crippen LogP contribution in [0.5, 0.6) is 0 Å². The highest BCUT2D eigenvalue weighted by Crippen LogP contribution is 2.24. The molecule has 5 heteroatoms. The van der Waals surface area contributed by atoms with Gasteiger partial charge in [0.25, 0.3) is 0 Å². The number of rotatable bonds is 7. The van der Waals surface area contributed by atoms with Crippen molar-refractivity contribution in [2.24, 2.45) is 5.92 Å². The van der Waals surface area contributed by atoms with Crippen LogP contribution in [0, 0.1) is 5.92 Å². The highest BCUT2D eigenvalue weighted by Gasteiger charge is 2.13. The fraction of sp³-hybridized carbons (Fsp3) is 0.533. The average Bonchev–Trinajstić information content (AvgIpc) is 2.33. The summed E-state index contributed by atoms with van der Waals surface area (Å²) >= 11 is 6.05. The maximum absolute atomic E-state index is 11.0. The highest BCUT2D eigenvalue weighted by molar-refractivity contribution is 6.33. The second-order valence-corrected chi connectivity index (χ2v) is 6.02. The summed E-state index contributed by atoms with van der Waals surface area (Å²) < 4.78 is 0. The molecular formula is C15H23ClN2O2. The van der Waals surface area contributed by atoms with Crippen molar-refractivity contribution in [3.05, 3.63) is 28.8 Å². The van der Waals surface area contributed by atoms with E-state index < -0.39 is 5.97 Å². The zero-order valence-corrected chi connectivity index (χ0v) is 13.3. The minimum Gasteiger partial charge on any atom is -0.478 e. The van der Waals surface area contributed by atoms with E-state index in [1.54, 1.807) is 12.1 Å². The zero-order chi connectivity index (χ0) is 15.3. The van der Waals surface area contributed by atoms with Crippen molar-refractivity contribution >= 4 is 23.3 Å². The molecule has 0 aliphatic heterocycles. The number of hydrogen-bond donors (Lipinski definition) is 1. The van der Waals surface area contributed by atoms with Crippen LogP contribution in [0.2, 0.25) is 5.02 Å². The monoisotopic (exact) mass is 298 g/mol. The summed E-state index contributed by atoms with van der Waals surface area (Å²) in [6.07, 6.45) is 0. The van der Waals surface area contributed by atoms with Gasteiger partial charge in [-0.15, -0.1) is 0 Å². The first-order chi connectivity index (χ1) is 9.31. The number of benzene rings is 1. The molecule has 0 unspecified atom stereocenters. The van der Waals surface area contributed by atoms with Gasteiger partial charge in [-0.05, 0) is 38.2 Å². The molecule has 0 heterocycles. The van der Waals surface area contributed by atoms with Crippen molar-refractivity contribution in [1.82, 2.24) is 4.90 Å². The molecule has 0 spiro atoms. The molecule has 1 aromatic carbocycles. The fourth-order valence-electron chi connectivity index (χ4n) is 1.96. The summed E-state index contributed by atoms with van der Waals surface area (Å²) in [7, 11) is 4.07. The van der Waals surface area contributed by atoms with Crippen LogP contribution in [-0.4, -0.2) is 49.7 Å². The molecule has 0 aromatic heterocycles. The number of carboxylic acid groups (broad SMARTS) is 1. The average molecular weight is 299 g/mol. The molecule has 0 saturated heterocycles. The van der Waals surface area contributed by atoms with Crippen LogP contribution in [-0.2, 0) is 0 Å². The minimum atomic E-state index is -0.995. The van der Waals surface area contributed by atoms with Crippen LogP contribution in [0.25, 0.3) is 0 Å². The Kier molecular flexibility index (Phi) is 6.30. The van der Waals surface area contributed by atoms with E-state index in [4.69, 9.17) is 16.7 Å². The van der Waals surface area contributed by atoms with Crippen LogP contribution in [0.4, 0.5) is 5.69 Å². The smallest absolute Gasteiger partial charge is 0.337 e. The summed E-state index contributed by atoms with van der Waals surface area (Å²) in [5.74, 6) is -0.472. The molecule has 0 saturated carbocycles. The number of anilines is 1. The van der Waals surface area contributed by atoms with E-state index >= 15 is 0 Å². The maximum Gasteiger partial charge on any atom is 0.337 e. The van der Waals surface area contributed by atoms with Crippen molar-refractivity contribution in [2.45, 2.75) is 13.8 Å². The number of hydrogen-bond acceptors (Lipinski definition) is 3. The molecule has 112 valence electrons. The Morgan fingerprint density at radius 3 is 2.40 bits per heavy atom. The molecule has 0 aliphatic rings. The Morgan fingerprint density at radius 1 is 1.30 bits per heavy atom. The lowest BCUT2D eigenvalue weighted by Gasteiger charge is -2.28. The van der Waals surface area contributed by atoms with Gasteiger partial charge in [-0.1, -0.05) is 25.4 Å². The van der Waals surface area contributed by atoms with Crippen molar-refractivity contribution in [3.63, 3.8) is 0 Å². The molecule has 0 bridgehead atoms. The molecule has 1 rings (SSSR count). The van der Waals surface area contributed by atoms with Gasteiger partial charge in [0.2, 0.25) is 0 Å². The van der Waals surface area contributed by atoms with Gasteiger partial charge in [0, 0.05) is 25.3 Å². The Bertz CT molecular complexity index is 461. The third kappa shape index (κ3) is 5.02. The molecule has 1 aromatic rings. The Morgan fingerprint density at radius 2 is 1.95 bits per heavy atom. The first-order valence-electron chi connectivity index (χ1n) is 6.73. The van der Waals surface area contributed by atoms with E-state index in [1.165, 1.54) is 0 Å². The van der Waals surface area contributed by atoms with Gasteiger partial charge < -0.3 is 14.9 Å². The van der Waals surface area contributed by atoms with Gasteiger partial charge in [-0.2, -0.15) is 0 Å². The first-order valence-corrected chi connectivity index (χ1v) is 7.11. The van der Waals surface area contributed by atoms with Crippen molar-refractivity contribution in [3.8, 4) is 0 Å². The lowest BCUT2D eigenvalue weighted by molar-refractivity contribution is 0.0697. The normalized spacial score (nSPS) is 11.2. The molecule has 4 nitrogen and oxygen atoms in total. The topological polar surface area (TPSA) is 43.8 Å². The van der Waals surface area contributed by atoms with Crippen LogP contribution >= 0.6 is 11.6 Å². The standard InChI is InChI=1S/C15H23ClN2O2/c1-11(2)10-18(8-7-17(3)4)12-5-6-13(15(19)20)14(16)9-12/h5-6,9,11H,7-8,10H2,1-4H3,(H,19,20). The number of aromatic carboxylic acids is 1. The Labute approximate surface area is 125 Å². The van der Waals surface area contributed by atoms with Crippen LogP contribution < -0.4 is 4.90 Å². The number of carbonyl (C=O) groups is 1. The van der Waals surface area contributed by atoms with Gasteiger partial charge in [0.15, 0.2) is 0 Å². The van der Waals surface area contributed by atoms with E-state index in [2.05, 4.69) is 23.6 Å². The first kappa shape index (κ1) is 16.8. The zero-order valence-electron chi connectivity index (χ0n) is 12.6. The summed E-state index contributed by atoms with van der Waals surface area (Å²) in [6, 6.07) is 5.14. The molecular weight excluding hydrogens is 276 g/mol. The minimum absolute atomic E-state index is 0.146. The Balaban J connectivity index is 2.95. The summed E-state index contributed by atoms with van der Waals surface area (Å²) in [5.41, 5.74) is 1.11. The van der Waals surface area contributed by atoms with Crippen molar-refractivity contribution in [2.75, 3.05) is 38.6 Å². The maximum atomic E-state index is 11.0. The van der Waals surface area contributed by atoms with E-state index in [0.717, 1.165) is 25.3 Å². The number of nitrogens with zero attached hydrogens (tertiary/aromatic N) is 2. The third-order valence-electron chi connectivity index (χ3n) is 2.95. The molecule has 0 aliphatic carbocycles. The van der Waals surface area contributed by atoms with Gasteiger partial charge in [0.05, 0.1) is 10.6 Å². The van der Waals surface area contributed by atoms with Crippen molar-refractivity contribution in [1.29, 1.82) is 0 Å². The molecule has 0 radical (unpaired) electrons. The third-order valence-corrected chi connectivity index (χ3v) is 3.26. The SMILES string of the molecule is CC(C)CN(CCN(C)C)c1ccc(C(=O)O)c(Cl)c1. The van der Waals surface area contributed by atoms with E-state index in [9.17, 15) is 4.79 Å². The largest absolute Gasteiger partial charge is 0.478 e. The molecule has 0 amide bonds. The summed E-state index contributed by atoms with van der Waals surface area (Å²) in [6.45, 7) is 7.06. The summed E-state index contributed by atoms with van der Waals surface area (Å²) in [5, 5.41) is 9.30. The predicted molar refractivity (Wildman–Crippen MR) is 84.0 cm³/mol. The molecule has 20 heavy (non-hydrogen) atoms. The number of carboxylic acids is 1. The summed E-state index contributed by atoms with van der Waals surface area (Å²) in [4.78, 5) is 15.4. The lowest BCUT2D eigenvalue weighted by atomic mass is 10.1. The molecule has 0 fully saturated rings. The molecule has 0 atom stereocenters. The second-order valence-electron chi connectivity index (χ2n) is 5.61. The van der Waals surface area contributed by atoms with Gasteiger partial charge in [-0.25, -0.2) is 4.79 Å². The molecule has 1 N–H and O–H groups in total. The lowest BCUT2D eigenvalue weighted by Crippen LogP contribution is -2.34. The second kappa shape index (κ2) is 7.50. The predicted octanol–water partition coefficient (Wildman–Crippen LogP) is 3.06. The highest BCUT2D eigenvalue weighted by atomic mass is 35.5. The van der Waals surface area contributed by atoms with Crippen LogP contribution in [0.1, 0.15) is 24.2 Å². The van der Waals surface area contributed by atoms with Gasteiger partial charge in [-0.3, -0.25) is 0 Å². The number of likely N-dealkylation sites (N-methyl/N-ethyl adjacent to an activating group) is 1. The fourth-order valence-corrected chi connectivity index (χ4v) is 2.22. The van der Waals surface area contributed by atoms with Gasteiger partial charge >= 0.3 is 5.97 Å².